The predicted molar refractivity (Wildman–Crippen MR) is 108 cm³/mol. The number of nitrogens with zero attached hydrogens (tertiary/aromatic N) is 2. The summed E-state index contributed by atoms with van der Waals surface area (Å²) in [5, 5.41) is 3.11. The molecule has 1 aromatic carbocycles. The number of methoxy groups -OCH3 is 2. The lowest BCUT2D eigenvalue weighted by molar-refractivity contribution is 0.0768. The predicted octanol–water partition coefficient (Wildman–Crippen LogP) is 1.98. The zero-order valence-electron chi connectivity index (χ0n) is 16.9. The van der Waals surface area contributed by atoms with Crippen molar-refractivity contribution in [3.05, 3.63) is 18.2 Å². The summed E-state index contributed by atoms with van der Waals surface area (Å²) in [7, 11) is -0.804. The third-order valence-corrected chi connectivity index (χ3v) is 7.23. The average Bonchev–Trinajstić information content (AvgIpc) is 2.70. The lowest BCUT2D eigenvalue weighted by Crippen LogP contribution is -2.55. The van der Waals surface area contributed by atoms with Gasteiger partial charge in [-0.25, -0.2) is 18.1 Å². The third-order valence-electron chi connectivity index (χ3n) is 5.89. The summed E-state index contributed by atoms with van der Waals surface area (Å²) in [5.41, 5.74) is 0. The van der Waals surface area contributed by atoms with Crippen molar-refractivity contribution >= 4 is 16.0 Å². The summed E-state index contributed by atoms with van der Waals surface area (Å²) < 4.78 is 38.3. The lowest BCUT2D eigenvalue weighted by atomic mass is 9.77. The van der Waals surface area contributed by atoms with Crippen molar-refractivity contribution in [2.45, 2.75) is 44.0 Å². The fraction of sp³-hybridized carbons (Fsp3) is 0.632. The van der Waals surface area contributed by atoms with E-state index >= 15 is 0 Å². The number of rotatable bonds is 5. The highest BCUT2D eigenvalue weighted by Crippen LogP contribution is 2.33. The van der Waals surface area contributed by atoms with Crippen LogP contribution in [0.2, 0.25) is 0 Å². The summed E-state index contributed by atoms with van der Waals surface area (Å²) in [5.74, 6) is 2.41. The van der Waals surface area contributed by atoms with Crippen LogP contribution in [-0.4, -0.2) is 52.9 Å². The number of ether oxygens (including phenoxy) is 2. The van der Waals surface area contributed by atoms with E-state index in [1.165, 1.54) is 39.2 Å². The molecule has 0 amide bonds. The molecule has 0 bridgehead atoms. The molecule has 3 atom stereocenters. The van der Waals surface area contributed by atoms with E-state index < -0.39 is 10.0 Å². The largest absolute Gasteiger partial charge is 0.493 e. The minimum atomic E-state index is -3.78. The highest BCUT2D eigenvalue weighted by atomic mass is 32.2. The van der Waals surface area contributed by atoms with Gasteiger partial charge in [0.25, 0.3) is 10.0 Å². The van der Waals surface area contributed by atoms with E-state index in [9.17, 15) is 8.42 Å². The van der Waals surface area contributed by atoms with Crippen molar-refractivity contribution in [2.24, 2.45) is 16.8 Å². The van der Waals surface area contributed by atoms with Gasteiger partial charge in [-0.15, -0.1) is 0 Å². The van der Waals surface area contributed by atoms with Crippen LogP contribution >= 0.6 is 0 Å². The fourth-order valence-electron chi connectivity index (χ4n) is 3.97. The quantitative estimate of drug-likeness (QED) is 0.771. The molecule has 1 aliphatic heterocycles. The van der Waals surface area contributed by atoms with Gasteiger partial charge in [0.2, 0.25) is 5.96 Å². The fourth-order valence-corrected chi connectivity index (χ4v) is 4.99. The smallest absolute Gasteiger partial charge is 0.264 e. The first-order valence-corrected chi connectivity index (χ1v) is 11.1. The minimum Gasteiger partial charge on any atom is -0.493 e. The van der Waals surface area contributed by atoms with E-state index in [2.05, 4.69) is 33.8 Å². The highest BCUT2D eigenvalue weighted by molar-refractivity contribution is 7.90. The molecule has 3 rings (SSSR count). The van der Waals surface area contributed by atoms with Gasteiger partial charge in [0, 0.05) is 12.1 Å². The Hall–Kier alpha value is -2.00. The maximum absolute atomic E-state index is 12.7. The van der Waals surface area contributed by atoms with Crippen molar-refractivity contribution < 1.29 is 17.9 Å². The summed E-state index contributed by atoms with van der Waals surface area (Å²) in [6.07, 6.45) is 3.67. The van der Waals surface area contributed by atoms with Crippen LogP contribution in [0.5, 0.6) is 11.5 Å². The summed E-state index contributed by atoms with van der Waals surface area (Å²) in [6.45, 7) is 5.67. The maximum Gasteiger partial charge on any atom is 0.264 e. The molecular formula is C19H30N4O4S. The Morgan fingerprint density at radius 2 is 1.93 bits per heavy atom. The summed E-state index contributed by atoms with van der Waals surface area (Å²) >= 11 is 0. The van der Waals surface area contributed by atoms with Crippen LogP contribution in [0.4, 0.5) is 0 Å². The second-order valence-electron chi connectivity index (χ2n) is 7.53. The molecule has 0 aromatic heterocycles. The zero-order valence-corrected chi connectivity index (χ0v) is 17.8. The van der Waals surface area contributed by atoms with Crippen molar-refractivity contribution in [3.63, 3.8) is 0 Å². The molecule has 0 spiro atoms. The molecular weight excluding hydrogens is 380 g/mol. The van der Waals surface area contributed by atoms with Crippen LogP contribution in [-0.2, 0) is 10.0 Å². The molecule has 1 aliphatic carbocycles. The van der Waals surface area contributed by atoms with E-state index in [4.69, 9.17) is 9.47 Å². The molecule has 1 heterocycles. The van der Waals surface area contributed by atoms with E-state index in [0.717, 1.165) is 6.42 Å². The molecule has 156 valence electrons. The van der Waals surface area contributed by atoms with Crippen LogP contribution in [0.3, 0.4) is 0 Å². The molecule has 28 heavy (non-hydrogen) atoms. The first-order chi connectivity index (χ1) is 13.4. The number of benzene rings is 1. The second kappa shape index (κ2) is 8.57. The van der Waals surface area contributed by atoms with Gasteiger partial charge < -0.3 is 14.8 Å². The molecule has 8 nitrogen and oxygen atoms in total. The van der Waals surface area contributed by atoms with E-state index in [1.807, 2.05) is 0 Å². The third kappa shape index (κ3) is 4.35. The van der Waals surface area contributed by atoms with Crippen molar-refractivity contribution in [2.75, 3.05) is 27.6 Å². The van der Waals surface area contributed by atoms with Gasteiger partial charge >= 0.3 is 0 Å². The second-order valence-corrected chi connectivity index (χ2v) is 9.21. The Labute approximate surface area is 167 Å². The molecule has 9 heteroatoms. The van der Waals surface area contributed by atoms with Crippen LogP contribution in [0.25, 0.3) is 0 Å². The topological polar surface area (TPSA) is 92.3 Å². The Bertz CT molecular complexity index is 827. The molecule has 0 saturated heterocycles. The number of aliphatic imine (C=N–C) groups is 1. The molecule has 2 aliphatic rings. The molecule has 0 radical (unpaired) electrons. The number of guanidine groups is 1. The first-order valence-electron chi connectivity index (χ1n) is 9.63. The van der Waals surface area contributed by atoms with Gasteiger partial charge in [0.15, 0.2) is 11.5 Å². The molecule has 0 unspecified atom stereocenters. The van der Waals surface area contributed by atoms with Gasteiger partial charge in [-0.3, -0.25) is 4.90 Å². The molecule has 1 saturated carbocycles. The van der Waals surface area contributed by atoms with Crippen LogP contribution in [0.15, 0.2) is 28.1 Å². The first kappa shape index (κ1) is 20.7. The SMILES string of the molecule is COc1ccc(S(=O)(=O)NC2=NCN([C@@H]3CCC[C@H](C)[C@H]3C)CN2)cc1OC. The number of hydrogen-bond acceptors (Lipinski definition) is 7. The van der Waals surface area contributed by atoms with Crippen molar-refractivity contribution in [1.29, 1.82) is 0 Å². The van der Waals surface area contributed by atoms with Gasteiger partial charge in [0.1, 0.15) is 0 Å². The Morgan fingerprint density at radius 1 is 1.18 bits per heavy atom. The molecule has 1 fully saturated rings. The highest BCUT2D eigenvalue weighted by Gasteiger charge is 2.32. The Kier molecular flexibility index (Phi) is 6.34. The van der Waals surface area contributed by atoms with E-state index in [-0.39, 0.29) is 10.9 Å². The number of nitrogens with one attached hydrogen (secondary N) is 2. The van der Waals surface area contributed by atoms with Gasteiger partial charge in [-0.1, -0.05) is 26.7 Å². The number of sulfonamides is 1. The molecule has 2 N–H and O–H groups in total. The maximum atomic E-state index is 12.7. The van der Waals surface area contributed by atoms with Gasteiger partial charge in [-0.2, -0.15) is 0 Å². The minimum absolute atomic E-state index is 0.0896. The Balaban J connectivity index is 1.68. The summed E-state index contributed by atoms with van der Waals surface area (Å²) in [6, 6.07) is 4.95. The number of hydrogen-bond donors (Lipinski definition) is 2. The van der Waals surface area contributed by atoms with E-state index in [0.29, 0.717) is 42.7 Å². The van der Waals surface area contributed by atoms with Crippen LogP contribution < -0.4 is 19.5 Å². The van der Waals surface area contributed by atoms with Gasteiger partial charge in [-0.05, 0) is 30.4 Å². The van der Waals surface area contributed by atoms with Crippen LogP contribution in [0, 0.1) is 11.8 Å². The monoisotopic (exact) mass is 410 g/mol. The van der Waals surface area contributed by atoms with Crippen molar-refractivity contribution in [3.8, 4) is 11.5 Å². The standard InChI is InChI=1S/C19H30N4O4S/c1-13-6-5-7-16(14(13)2)23-11-20-19(21-12-23)22-28(24,25)15-8-9-17(26-3)18(10-15)27-4/h8-10,13-14,16H,5-7,11-12H2,1-4H3,(H2,20,21,22)/t13-,14+,16+/m0/s1. The van der Waals surface area contributed by atoms with Crippen LogP contribution in [0.1, 0.15) is 33.1 Å². The lowest BCUT2D eigenvalue weighted by Gasteiger charge is -2.42. The average molecular weight is 411 g/mol. The summed E-state index contributed by atoms with van der Waals surface area (Å²) in [4.78, 5) is 6.79. The normalized spacial score (nSPS) is 26.1. The Morgan fingerprint density at radius 3 is 2.57 bits per heavy atom. The van der Waals surface area contributed by atoms with Gasteiger partial charge in [0.05, 0.1) is 32.5 Å². The molecule has 1 aromatic rings. The zero-order chi connectivity index (χ0) is 20.3. The van der Waals surface area contributed by atoms with Crippen molar-refractivity contribution in [1.82, 2.24) is 14.9 Å². The van der Waals surface area contributed by atoms with E-state index in [1.54, 1.807) is 6.07 Å².